The number of thioether (sulfide) groups is 1. The molecule has 1 N–H and O–H groups in total. The van der Waals surface area contributed by atoms with Crippen LogP contribution in [0.2, 0.25) is 0 Å². The SMILES string of the molecule is CCOC(=O)c1c(SC)oc2ccc(O)cc12. The summed E-state index contributed by atoms with van der Waals surface area (Å²) in [6, 6.07) is 4.66. The number of hydrogen-bond donors (Lipinski definition) is 1. The van der Waals surface area contributed by atoms with E-state index in [0.29, 0.717) is 28.2 Å². The van der Waals surface area contributed by atoms with Crippen molar-refractivity contribution >= 4 is 28.7 Å². The van der Waals surface area contributed by atoms with E-state index in [9.17, 15) is 9.90 Å². The van der Waals surface area contributed by atoms with Crippen molar-refractivity contribution in [2.45, 2.75) is 12.0 Å². The number of benzene rings is 1. The molecule has 0 unspecified atom stereocenters. The standard InChI is InChI=1S/C12H12O4S/c1-3-15-11(14)10-8-6-7(13)4-5-9(8)16-12(10)17-2/h4-6,13H,3H2,1-2H3. The van der Waals surface area contributed by atoms with Gasteiger partial charge in [0.15, 0.2) is 5.09 Å². The molecule has 90 valence electrons. The number of ether oxygens (including phenoxy) is 1. The van der Waals surface area contributed by atoms with Crippen molar-refractivity contribution in [2.75, 3.05) is 12.9 Å². The zero-order valence-electron chi connectivity index (χ0n) is 9.52. The molecule has 0 saturated heterocycles. The van der Waals surface area contributed by atoms with E-state index in [1.807, 2.05) is 6.26 Å². The van der Waals surface area contributed by atoms with E-state index in [1.54, 1.807) is 13.0 Å². The van der Waals surface area contributed by atoms with Crippen molar-refractivity contribution in [1.29, 1.82) is 0 Å². The third-order valence-corrected chi connectivity index (χ3v) is 2.96. The van der Waals surface area contributed by atoms with E-state index in [0.717, 1.165) is 0 Å². The van der Waals surface area contributed by atoms with Gasteiger partial charge in [0.25, 0.3) is 0 Å². The molecule has 0 fully saturated rings. The summed E-state index contributed by atoms with van der Waals surface area (Å²) in [6.45, 7) is 2.05. The Morgan fingerprint density at radius 1 is 1.53 bits per heavy atom. The average Bonchev–Trinajstić information content (AvgIpc) is 2.66. The summed E-state index contributed by atoms with van der Waals surface area (Å²) >= 11 is 1.33. The number of phenols is 1. The molecule has 1 aromatic heterocycles. The lowest BCUT2D eigenvalue weighted by Gasteiger charge is -2.00. The minimum absolute atomic E-state index is 0.0940. The molecule has 1 aromatic carbocycles. The Morgan fingerprint density at radius 2 is 2.29 bits per heavy atom. The highest BCUT2D eigenvalue weighted by molar-refractivity contribution is 7.98. The van der Waals surface area contributed by atoms with Gasteiger partial charge in [0.05, 0.1) is 6.61 Å². The number of rotatable bonds is 3. The number of furan rings is 1. The molecule has 0 atom stereocenters. The van der Waals surface area contributed by atoms with Crippen LogP contribution in [0.3, 0.4) is 0 Å². The molecule has 0 aliphatic carbocycles. The number of carbonyl (C=O) groups excluding carboxylic acids is 1. The van der Waals surface area contributed by atoms with E-state index in [1.165, 1.54) is 23.9 Å². The fraction of sp³-hybridized carbons (Fsp3) is 0.250. The number of hydrogen-bond acceptors (Lipinski definition) is 5. The maximum absolute atomic E-state index is 11.8. The molecule has 4 nitrogen and oxygen atoms in total. The third kappa shape index (κ3) is 2.10. The molecule has 0 aliphatic heterocycles. The highest BCUT2D eigenvalue weighted by Crippen LogP contribution is 2.34. The van der Waals surface area contributed by atoms with Crippen LogP contribution in [0.4, 0.5) is 0 Å². The van der Waals surface area contributed by atoms with Gasteiger partial charge < -0.3 is 14.3 Å². The Bertz CT molecular complexity index is 559. The average molecular weight is 252 g/mol. The van der Waals surface area contributed by atoms with Crippen LogP contribution in [0.1, 0.15) is 17.3 Å². The van der Waals surface area contributed by atoms with Crippen LogP contribution in [0, 0.1) is 0 Å². The number of phenolic OH excluding ortho intramolecular Hbond substituents is 1. The zero-order chi connectivity index (χ0) is 12.4. The third-order valence-electron chi connectivity index (χ3n) is 2.30. The van der Waals surface area contributed by atoms with Gasteiger partial charge in [-0.3, -0.25) is 0 Å². The van der Waals surface area contributed by atoms with Crippen molar-refractivity contribution < 1.29 is 19.1 Å². The molecule has 1 heterocycles. The fourth-order valence-corrected chi connectivity index (χ4v) is 2.17. The molecule has 0 radical (unpaired) electrons. The summed E-state index contributed by atoms with van der Waals surface area (Å²) in [5.41, 5.74) is 0.945. The Balaban J connectivity index is 2.64. The van der Waals surface area contributed by atoms with Crippen LogP contribution >= 0.6 is 11.8 Å². The molecular weight excluding hydrogens is 240 g/mol. The van der Waals surface area contributed by atoms with Gasteiger partial charge in [0.1, 0.15) is 16.9 Å². The van der Waals surface area contributed by atoms with E-state index in [4.69, 9.17) is 9.15 Å². The maximum atomic E-state index is 11.8. The predicted molar refractivity (Wildman–Crippen MR) is 65.6 cm³/mol. The van der Waals surface area contributed by atoms with Crippen LogP contribution in [-0.4, -0.2) is 23.9 Å². The lowest BCUT2D eigenvalue weighted by molar-refractivity contribution is 0.0521. The second-order valence-corrected chi connectivity index (χ2v) is 4.15. The fourth-order valence-electron chi connectivity index (χ4n) is 1.60. The summed E-state index contributed by atoms with van der Waals surface area (Å²) in [5, 5.41) is 10.5. The molecule has 2 rings (SSSR count). The normalized spacial score (nSPS) is 10.7. The van der Waals surface area contributed by atoms with Crippen molar-refractivity contribution in [3.8, 4) is 5.75 Å². The monoisotopic (exact) mass is 252 g/mol. The van der Waals surface area contributed by atoms with Gasteiger partial charge in [-0.1, -0.05) is 11.8 Å². The van der Waals surface area contributed by atoms with E-state index >= 15 is 0 Å². The number of carbonyl (C=O) groups is 1. The van der Waals surface area contributed by atoms with Gasteiger partial charge in [-0.05, 0) is 31.4 Å². The highest BCUT2D eigenvalue weighted by Gasteiger charge is 2.21. The first-order valence-electron chi connectivity index (χ1n) is 5.14. The first-order valence-corrected chi connectivity index (χ1v) is 6.36. The highest BCUT2D eigenvalue weighted by atomic mass is 32.2. The number of fused-ring (bicyclic) bond motifs is 1. The van der Waals surface area contributed by atoms with E-state index in [2.05, 4.69) is 0 Å². The van der Waals surface area contributed by atoms with Gasteiger partial charge in [-0.25, -0.2) is 4.79 Å². The summed E-state index contributed by atoms with van der Waals surface area (Å²) in [7, 11) is 0. The predicted octanol–water partition coefficient (Wildman–Crippen LogP) is 3.04. The van der Waals surface area contributed by atoms with Gasteiger partial charge >= 0.3 is 5.97 Å². The summed E-state index contributed by atoms with van der Waals surface area (Å²) in [6.07, 6.45) is 1.82. The second kappa shape index (κ2) is 4.71. The van der Waals surface area contributed by atoms with Crippen molar-refractivity contribution in [2.24, 2.45) is 0 Å². The smallest absolute Gasteiger partial charge is 0.343 e. The van der Waals surface area contributed by atoms with Crippen LogP contribution in [0.25, 0.3) is 11.0 Å². The van der Waals surface area contributed by atoms with E-state index in [-0.39, 0.29) is 5.75 Å². The van der Waals surface area contributed by atoms with Gasteiger partial charge in [0.2, 0.25) is 0 Å². The minimum atomic E-state index is -0.429. The number of esters is 1. The van der Waals surface area contributed by atoms with Crippen molar-refractivity contribution in [3.05, 3.63) is 23.8 Å². The lowest BCUT2D eigenvalue weighted by Crippen LogP contribution is -2.04. The molecule has 0 aliphatic rings. The molecule has 0 saturated carbocycles. The zero-order valence-corrected chi connectivity index (χ0v) is 10.3. The topological polar surface area (TPSA) is 59.7 Å². The first-order chi connectivity index (χ1) is 8.17. The van der Waals surface area contributed by atoms with Gasteiger partial charge in [-0.15, -0.1) is 0 Å². The molecule has 5 heteroatoms. The second-order valence-electron chi connectivity index (χ2n) is 3.37. The maximum Gasteiger partial charge on any atom is 0.343 e. The summed E-state index contributed by atoms with van der Waals surface area (Å²) in [5.74, 6) is -0.335. The van der Waals surface area contributed by atoms with Crippen molar-refractivity contribution in [3.63, 3.8) is 0 Å². The Morgan fingerprint density at radius 3 is 2.94 bits per heavy atom. The molecular formula is C12H12O4S. The summed E-state index contributed by atoms with van der Waals surface area (Å²) in [4.78, 5) is 11.8. The van der Waals surface area contributed by atoms with Crippen molar-refractivity contribution in [1.82, 2.24) is 0 Å². The quantitative estimate of drug-likeness (QED) is 0.672. The Labute approximate surface area is 103 Å². The van der Waals surface area contributed by atoms with E-state index < -0.39 is 5.97 Å². The Hall–Kier alpha value is -1.62. The lowest BCUT2D eigenvalue weighted by atomic mass is 10.1. The molecule has 2 aromatic rings. The molecule has 0 spiro atoms. The van der Waals surface area contributed by atoms with Crippen LogP contribution in [-0.2, 0) is 4.74 Å². The van der Waals surface area contributed by atoms with Gasteiger partial charge in [-0.2, -0.15) is 0 Å². The van der Waals surface area contributed by atoms with Crippen LogP contribution < -0.4 is 0 Å². The molecule has 0 bridgehead atoms. The molecule has 0 amide bonds. The van der Waals surface area contributed by atoms with Crippen LogP contribution in [0.15, 0.2) is 27.7 Å². The first kappa shape index (κ1) is 11.9. The van der Waals surface area contributed by atoms with Crippen LogP contribution in [0.5, 0.6) is 5.75 Å². The summed E-state index contributed by atoms with van der Waals surface area (Å²) < 4.78 is 10.5. The van der Waals surface area contributed by atoms with Gasteiger partial charge in [0, 0.05) is 5.39 Å². The Kier molecular flexibility index (Phi) is 3.28. The minimum Gasteiger partial charge on any atom is -0.508 e. The number of aromatic hydroxyl groups is 1. The largest absolute Gasteiger partial charge is 0.508 e. The molecule has 17 heavy (non-hydrogen) atoms.